The van der Waals surface area contributed by atoms with Crippen molar-refractivity contribution in [3.05, 3.63) is 54.1 Å². The van der Waals surface area contributed by atoms with E-state index >= 15 is 0 Å². The molecule has 1 aromatic carbocycles. The molecule has 1 aliphatic rings. The summed E-state index contributed by atoms with van der Waals surface area (Å²) in [4.78, 5) is 20.9. The van der Waals surface area contributed by atoms with Crippen LogP contribution in [-0.4, -0.2) is 39.0 Å². The normalized spacial score (nSPS) is 23.0. The third kappa shape index (κ3) is 2.58. The maximum absolute atomic E-state index is 11.5. The first kappa shape index (κ1) is 12.9. The van der Waals surface area contributed by atoms with E-state index in [0.29, 0.717) is 13.1 Å². The van der Waals surface area contributed by atoms with E-state index < -0.39 is 5.97 Å². The number of aromatic amines is 1. The minimum absolute atomic E-state index is 0.0451. The topological polar surface area (TPSA) is 69.2 Å². The number of hydrogen-bond acceptors (Lipinski definition) is 3. The number of hydrogen-bond donors (Lipinski definition) is 2. The Balaban J connectivity index is 1.77. The van der Waals surface area contributed by atoms with Crippen LogP contribution in [0.3, 0.4) is 0 Å². The van der Waals surface area contributed by atoms with Gasteiger partial charge in [0, 0.05) is 31.4 Å². The zero-order valence-electron chi connectivity index (χ0n) is 11.1. The average Bonchev–Trinajstić information content (AvgIpc) is 3.10. The summed E-state index contributed by atoms with van der Waals surface area (Å²) in [7, 11) is 0. The van der Waals surface area contributed by atoms with E-state index in [4.69, 9.17) is 0 Å². The smallest absolute Gasteiger partial charge is 0.308 e. The van der Waals surface area contributed by atoms with Gasteiger partial charge in [0.05, 0.1) is 12.5 Å². The van der Waals surface area contributed by atoms with Crippen molar-refractivity contribution in [2.45, 2.75) is 12.5 Å². The minimum Gasteiger partial charge on any atom is -0.481 e. The van der Waals surface area contributed by atoms with Gasteiger partial charge in [0.2, 0.25) is 0 Å². The highest BCUT2D eigenvalue weighted by Gasteiger charge is 2.38. The van der Waals surface area contributed by atoms with Crippen molar-refractivity contribution in [2.24, 2.45) is 5.92 Å². The average molecular weight is 271 g/mol. The second-order valence-electron chi connectivity index (χ2n) is 5.19. The Hall–Kier alpha value is -2.14. The van der Waals surface area contributed by atoms with Crippen LogP contribution in [0.4, 0.5) is 0 Å². The lowest BCUT2D eigenvalue weighted by Crippen LogP contribution is -2.23. The number of nitrogens with zero attached hydrogens (tertiary/aromatic N) is 2. The number of imidazole rings is 1. The molecule has 104 valence electrons. The molecule has 2 heterocycles. The van der Waals surface area contributed by atoms with Crippen molar-refractivity contribution in [3.8, 4) is 0 Å². The van der Waals surface area contributed by atoms with Gasteiger partial charge in [0.25, 0.3) is 0 Å². The maximum atomic E-state index is 11.5. The van der Waals surface area contributed by atoms with Crippen LogP contribution >= 0.6 is 0 Å². The Morgan fingerprint density at radius 2 is 2.15 bits per heavy atom. The van der Waals surface area contributed by atoms with Crippen LogP contribution in [0.25, 0.3) is 0 Å². The van der Waals surface area contributed by atoms with Crippen molar-refractivity contribution >= 4 is 5.97 Å². The van der Waals surface area contributed by atoms with E-state index in [1.807, 2.05) is 30.3 Å². The zero-order valence-corrected chi connectivity index (χ0v) is 11.1. The Labute approximate surface area is 117 Å². The third-order valence-electron chi connectivity index (χ3n) is 3.87. The summed E-state index contributed by atoms with van der Waals surface area (Å²) in [6.07, 6.45) is 3.50. The molecule has 0 aliphatic carbocycles. The number of benzene rings is 1. The molecule has 5 nitrogen and oxygen atoms in total. The molecular weight excluding hydrogens is 254 g/mol. The summed E-state index contributed by atoms with van der Waals surface area (Å²) in [5, 5.41) is 9.44. The molecule has 5 heteroatoms. The maximum Gasteiger partial charge on any atom is 0.308 e. The van der Waals surface area contributed by atoms with Crippen LogP contribution in [0.2, 0.25) is 0 Å². The lowest BCUT2D eigenvalue weighted by atomic mass is 9.89. The fourth-order valence-corrected chi connectivity index (χ4v) is 2.90. The third-order valence-corrected chi connectivity index (χ3v) is 3.87. The van der Waals surface area contributed by atoms with Crippen molar-refractivity contribution in [2.75, 3.05) is 13.1 Å². The summed E-state index contributed by atoms with van der Waals surface area (Å²) in [6, 6.07) is 9.90. The zero-order chi connectivity index (χ0) is 13.9. The standard InChI is InChI=1S/C15H17N3O2/c19-15(20)13-9-18(10-14-16-6-7-17-14)8-12(13)11-4-2-1-3-5-11/h1-7,12-13H,8-10H2,(H,16,17)(H,19,20)/t12-,13+/m0/s1. The molecule has 1 aromatic heterocycles. The molecule has 0 bridgehead atoms. The lowest BCUT2D eigenvalue weighted by molar-refractivity contribution is -0.141. The van der Waals surface area contributed by atoms with Gasteiger partial charge in [-0.15, -0.1) is 0 Å². The molecular formula is C15H17N3O2. The van der Waals surface area contributed by atoms with Gasteiger partial charge in [-0.05, 0) is 5.56 Å². The van der Waals surface area contributed by atoms with Crippen molar-refractivity contribution in [3.63, 3.8) is 0 Å². The largest absolute Gasteiger partial charge is 0.481 e. The van der Waals surface area contributed by atoms with Crippen molar-refractivity contribution in [1.29, 1.82) is 0 Å². The predicted octanol–water partition coefficient (Wildman–Crippen LogP) is 1.71. The highest BCUT2D eigenvalue weighted by Crippen LogP contribution is 2.33. The van der Waals surface area contributed by atoms with Gasteiger partial charge in [-0.3, -0.25) is 9.69 Å². The molecule has 0 amide bonds. The van der Waals surface area contributed by atoms with Gasteiger partial charge < -0.3 is 10.1 Å². The molecule has 2 atom stereocenters. The second-order valence-corrected chi connectivity index (χ2v) is 5.19. The highest BCUT2D eigenvalue weighted by atomic mass is 16.4. The number of carboxylic acids is 1. The van der Waals surface area contributed by atoms with E-state index in [1.165, 1.54) is 0 Å². The van der Waals surface area contributed by atoms with Gasteiger partial charge in [-0.1, -0.05) is 30.3 Å². The van der Waals surface area contributed by atoms with Crippen LogP contribution in [-0.2, 0) is 11.3 Å². The van der Waals surface area contributed by atoms with Gasteiger partial charge >= 0.3 is 5.97 Å². The van der Waals surface area contributed by atoms with Crippen LogP contribution in [0.5, 0.6) is 0 Å². The van der Waals surface area contributed by atoms with E-state index in [2.05, 4.69) is 14.9 Å². The molecule has 0 saturated carbocycles. The lowest BCUT2D eigenvalue weighted by Gasteiger charge is -2.15. The number of nitrogens with one attached hydrogen (secondary N) is 1. The molecule has 2 N–H and O–H groups in total. The highest BCUT2D eigenvalue weighted by molar-refractivity contribution is 5.72. The van der Waals surface area contributed by atoms with Gasteiger partial charge in [0.15, 0.2) is 0 Å². The minimum atomic E-state index is -0.721. The first-order valence-corrected chi connectivity index (χ1v) is 6.72. The number of H-pyrrole nitrogens is 1. The first-order valence-electron chi connectivity index (χ1n) is 6.72. The number of likely N-dealkylation sites (tertiary alicyclic amines) is 1. The van der Waals surface area contributed by atoms with Gasteiger partial charge in [0.1, 0.15) is 5.82 Å². The van der Waals surface area contributed by atoms with E-state index in [0.717, 1.165) is 17.9 Å². The monoisotopic (exact) mass is 271 g/mol. The summed E-state index contributed by atoms with van der Waals surface area (Å²) in [5.74, 6) is -0.153. The first-order chi connectivity index (χ1) is 9.74. The Bertz CT molecular complexity index is 568. The van der Waals surface area contributed by atoms with Gasteiger partial charge in [-0.2, -0.15) is 0 Å². The fraction of sp³-hybridized carbons (Fsp3) is 0.333. The second kappa shape index (κ2) is 5.46. The number of aromatic nitrogens is 2. The Kier molecular flexibility index (Phi) is 3.52. The van der Waals surface area contributed by atoms with Crippen LogP contribution in [0.1, 0.15) is 17.3 Å². The Morgan fingerprint density at radius 1 is 1.35 bits per heavy atom. The number of carboxylic acid groups (broad SMARTS) is 1. The van der Waals surface area contributed by atoms with E-state index in [-0.39, 0.29) is 11.8 Å². The number of rotatable bonds is 4. The van der Waals surface area contributed by atoms with Crippen molar-refractivity contribution in [1.82, 2.24) is 14.9 Å². The Morgan fingerprint density at radius 3 is 2.80 bits per heavy atom. The fourth-order valence-electron chi connectivity index (χ4n) is 2.90. The summed E-state index contributed by atoms with van der Waals surface area (Å²) >= 11 is 0. The van der Waals surface area contributed by atoms with E-state index in [1.54, 1.807) is 12.4 Å². The number of aliphatic carboxylic acids is 1. The molecule has 0 spiro atoms. The molecule has 1 saturated heterocycles. The van der Waals surface area contributed by atoms with Gasteiger partial charge in [-0.25, -0.2) is 4.98 Å². The van der Waals surface area contributed by atoms with Crippen LogP contribution < -0.4 is 0 Å². The molecule has 0 unspecified atom stereocenters. The SMILES string of the molecule is O=C(O)[C@@H]1CN(Cc2ncc[nH]2)C[C@H]1c1ccccc1. The van der Waals surface area contributed by atoms with E-state index in [9.17, 15) is 9.90 Å². The molecule has 3 rings (SSSR count). The molecule has 2 aromatic rings. The molecule has 20 heavy (non-hydrogen) atoms. The number of carbonyl (C=O) groups is 1. The summed E-state index contributed by atoms with van der Waals surface area (Å²) in [5.41, 5.74) is 1.10. The summed E-state index contributed by atoms with van der Waals surface area (Å²) in [6.45, 7) is 1.98. The molecule has 0 radical (unpaired) electrons. The van der Waals surface area contributed by atoms with Crippen molar-refractivity contribution < 1.29 is 9.90 Å². The van der Waals surface area contributed by atoms with Crippen LogP contribution in [0, 0.1) is 5.92 Å². The molecule has 1 fully saturated rings. The predicted molar refractivity (Wildman–Crippen MR) is 74.2 cm³/mol. The quantitative estimate of drug-likeness (QED) is 0.888. The van der Waals surface area contributed by atoms with Crippen LogP contribution in [0.15, 0.2) is 42.7 Å². The molecule has 1 aliphatic heterocycles. The summed E-state index contributed by atoms with van der Waals surface area (Å²) < 4.78 is 0.